The molecule has 1 heterocycles. The summed E-state index contributed by atoms with van der Waals surface area (Å²) in [6.45, 7) is 1.33. The average molecular weight is 411 g/mol. The van der Waals surface area contributed by atoms with E-state index in [0.29, 0.717) is 13.1 Å². The first-order valence-electron chi connectivity index (χ1n) is 8.74. The molecule has 8 heteroatoms. The molecule has 27 heavy (non-hydrogen) atoms. The van der Waals surface area contributed by atoms with Gasteiger partial charge in [-0.2, -0.15) is 0 Å². The number of rotatable bonds is 4. The number of hydrogen-bond donors (Lipinski definition) is 1. The van der Waals surface area contributed by atoms with Crippen LogP contribution in [0.2, 0.25) is 5.02 Å². The third-order valence-electron chi connectivity index (χ3n) is 4.46. The lowest BCUT2D eigenvalue weighted by molar-refractivity contribution is 0.0761. The van der Waals surface area contributed by atoms with Crippen LogP contribution in [-0.4, -0.2) is 32.3 Å². The van der Waals surface area contributed by atoms with E-state index in [0.717, 1.165) is 37.8 Å². The minimum atomic E-state index is -4.03. The first kappa shape index (κ1) is 19.6. The second kappa shape index (κ2) is 8.27. The zero-order valence-electron chi connectivity index (χ0n) is 14.6. The first-order chi connectivity index (χ1) is 12.9. The molecule has 144 valence electrons. The number of hydrogen-bond acceptors (Lipinski definition) is 3. The molecular formula is C19H20ClFN2O3S. The molecule has 0 spiro atoms. The van der Waals surface area contributed by atoms with Gasteiger partial charge in [-0.15, -0.1) is 0 Å². The van der Waals surface area contributed by atoms with Crippen molar-refractivity contribution in [1.82, 2.24) is 4.90 Å². The van der Waals surface area contributed by atoms with E-state index >= 15 is 0 Å². The van der Waals surface area contributed by atoms with Crippen LogP contribution in [0.25, 0.3) is 0 Å². The molecule has 0 atom stereocenters. The van der Waals surface area contributed by atoms with Crippen LogP contribution in [0.4, 0.5) is 10.1 Å². The first-order valence-corrected chi connectivity index (χ1v) is 10.6. The maximum Gasteiger partial charge on any atom is 0.263 e. The molecule has 0 aromatic heterocycles. The summed E-state index contributed by atoms with van der Waals surface area (Å²) < 4.78 is 40.8. The Bertz CT molecular complexity index is 924. The van der Waals surface area contributed by atoms with Crippen LogP contribution in [0, 0.1) is 5.82 Å². The van der Waals surface area contributed by atoms with Crippen molar-refractivity contribution in [1.29, 1.82) is 0 Å². The van der Waals surface area contributed by atoms with Gasteiger partial charge in [0.25, 0.3) is 15.9 Å². The molecule has 0 radical (unpaired) electrons. The minimum Gasteiger partial charge on any atom is -0.339 e. The van der Waals surface area contributed by atoms with E-state index in [1.807, 2.05) is 0 Å². The predicted octanol–water partition coefficient (Wildman–Crippen LogP) is 4.30. The van der Waals surface area contributed by atoms with Crippen LogP contribution in [0.1, 0.15) is 36.0 Å². The molecule has 1 fully saturated rings. The molecule has 0 aliphatic carbocycles. The highest BCUT2D eigenvalue weighted by Gasteiger charge is 2.23. The number of halogens is 2. The van der Waals surface area contributed by atoms with Gasteiger partial charge in [0.15, 0.2) is 0 Å². The average Bonchev–Trinajstić information content (AvgIpc) is 2.92. The summed E-state index contributed by atoms with van der Waals surface area (Å²) in [6.07, 6.45) is 4.06. The second-order valence-corrected chi connectivity index (χ2v) is 8.52. The van der Waals surface area contributed by atoms with Gasteiger partial charge in [-0.3, -0.25) is 9.52 Å². The second-order valence-electron chi connectivity index (χ2n) is 6.46. The van der Waals surface area contributed by atoms with Gasteiger partial charge < -0.3 is 4.90 Å². The van der Waals surface area contributed by atoms with Crippen molar-refractivity contribution in [2.45, 2.75) is 30.6 Å². The van der Waals surface area contributed by atoms with Crippen LogP contribution < -0.4 is 4.72 Å². The van der Waals surface area contributed by atoms with Crippen LogP contribution in [0.5, 0.6) is 0 Å². The van der Waals surface area contributed by atoms with Crippen molar-refractivity contribution in [3.8, 4) is 0 Å². The molecule has 0 saturated carbocycles. The lowest BCUT2D eigenvalue weighted by atomic mass is 10.2. The van der Waals surface area contributed by atoms with E-state index < -0.39 is 15.8 Å². The standard InChI is InChI=1S/C19H20ClFN2O3S/c20-17-10-5-14(19(24)23-11-3-1-2-4-12-23)13-18(17)27(25,26)22-16-8-6-15(21)7-9-16/h5-10,13,22H,1-4,11-12H2. The van der Waals surface area contributed by atoms with Crippen LogP contribution in [-0.2, 0) is 10.0 Å². The Kier molecular flexibility index (Phi) is 6.01. The number of amides is 1. The van der Waals surface area contributed by atoms with Gasteiger partial charge in [0.05, 0.1) is 5.02 Å². The van der Waals surface area contributed by atoms with Crippen molar-refractivity contribution in [2.24, 2.45) is 0 Å². The van der Waals surface area contributed by atoms with E-state index in [2.05, 4.69) is 4.72 Å². The molecule has 1 aliphatic heterocycles. The lowest BCUT2D eigenvalue weighted by Crippen LogP contribution is -2.32. The molecule has 0 unspecified atom stereocenters. The van der Waals surface area contributed by atoms with E-state index in [-0.39, 0.29) is 27.1 Å². The van der Waals surface area contributed by atoms with Gasteiger partial charge in [-0.1, -0.05) is 24.4 Å². The highest BCUT2D eigenvalue weighted by atomic mass is 35.5. The smallest absolute Gasteiger partial charge is 0.263 e. The van der Waals surface area contributed by atoms with Gasteiger partial charge in [-0.25, -0.2) is 12.8 Å². The number of likely N-dealkylation sites (tertiary alicyclic amines) is 1. The number of anilines is 1. The van der Waals surface area contributed by atoms with Crippen molar-refractivity contribution in [3.63, 3.8) is 0 Å². The van der Waals surface area contributed by atoms with Crippen molar-refractivity contribution < 1.29 is 17.6 Å². The summed E-state index contributed by atoms with van der Waals surface area (Å²) in [4.78, 5) is 14.3. The van der Waals surface area contributed by atoms with E-state index in [1.54, 1.807) is 4.90 Å². The summed E-state index contributed by atoms with van der Waals surface area (Å²) in [5, 5.41) is 0.0111. The summed E-state index contributed by atoms with van der Waals surface area (Å²) in [5.74, 6) is -0.673. The zero-order valence-corrected chi connectivity index (χ0v) is 16.2. The predicted molar refractivity (Wildman–Crippen MR) is 103 cm³/mol. The zero-order chi connectivity index (χ0) is 19.4. The van der Waals surface area contributed by atoms with E-state index in [1.165, 1.54) is 30.3 Å². The number of carbonyl (C=O) groups is 1. The van der Waals surface area contributed by atoms with Gasteiger partial charge in [-0.05, 0) is 55.3 Å². The summed E-state index contributed by atoms with van der Waals surface area (Å²) in [6, 6.07) is 9.16. The number of carbonyl (C=O) groups excluding carboxylic acids is 1. The molecule has 2 aromatic rings. The van der Waals surface area contributed by atoms with E-state index in [4.69, 9.17) is 11.6 Å². The van der Waals surface area contributed by atoms with Crippen molar-refractivity contribution in [3.05, 3.63) is 58.9 Å². The molecule has 3 rings (SSSR count). The Morgan fingerprint density at radius 3 is 2.26 bits per heavy atom. The Hall–Kier alpha value is -2.12. The SMILES string of the molecule is O=C(c1ccc(Cl)c(S(=O)(=O)Nc2ccc(F)cc2)c1)N1CCCCCC1. The van der Waals surface area contributed by atoms with Crippen molar-refractivity contribution in [2.75, 3.05) is 17.8 Å². The molecule has 1 N–H and O–H groups in total. The van der Waals surface area contributed by atoms with Gasteiger partial charge in [0.1, 0.15) is 10.7 Å². The van der Waals surface area contributed by atoms with Crippen LogP contribution >= 0.6 is 11.6 Å². The molecule has 0 bridgehead atoms. The fraction of sp³-hybridized carbons (Fsp3) is 0.316. The van der Waals surface area contributed by atoms with Crippen LogP contribution in [0.15, 0.2) is 47.4 Å². The third kappa shape index (κ3) is 4.78. The molecule has 1 amide bonds. The highest BCUT2D eigenvalue weighted by molar-refractivity contribution is 7.92. The fourth-order valence-corrected chi connectivity index (χ4v) is 4.61. The number of nitrogens with one attached hydrogen (secondary N) is 1. The molecule has 1 saturated heterocycles. The molecule has 1 aliphatic rings. The third-order valence-corrected chi connectivity index (χ3v) is 6.32. The van der Waals surface area contributed by atoms with Crippen molar-refractivity contribution >= 4 is 33.2 Å². The summed E-state index contributed by atoms with van der Waals surface area (Å²) in [5.41, 5.74) is 0.484. The molecule has 5 nitrogen and oxygen atoms in total. The lowest BCUT2D eigenvalue weighted by Gasteiger charge is -2.21. The molecular weight excluding hydrogens is 391 g/mol. The highest BCUT2D eigenvalue weighted by Crippen LogP contribution is 2.26. The Labute approximate surface area is 163 Å². The maximum atomic E-state index is 13.0. The fourth-order valence-electron chi connectivity index (χ4n) is 3.03. The van der Waals surface area contributed by atoms with Gasteiger partial charge in [0, 0.05) is 24.3 Å². The van der Waals surface area contributed by atoms with Crippen LogP contribution in [0.3, 0.4) is 0 Å². The molecule has 2 aromatic carbocycles. The number of sulfonamides is 1. The Morgan fingerprint density at radius 2 is 1.63 bits per heavy atom. The Balaban J connectivity index is 1.87. The quantitative estimate of drug-likeness (QED) is 0.817. The summed E-state index contributed by atoms with van der Waals surface area (Å²) >= 11 is 6.08. The maximum absolute atomic E-state index is 13.0. The van der Waals surface area contributed by atoms with Gasteiger partial charge >= 0.3 is 0 Å². The summed E-state index contributed by atoms with van der Waals surface area (Å²) in [7, 11) is -4.03. The normalized spacial score (nSPS) is 15.3. The topological polar surface area (TPSA) is 66.5 Å². The Morgan fingerprint density at radius 1 is 1.00 bits per heavy atom. The number of benzene rings is 2. The monoisotopic (exact) mass is 410 g/mol. The minimum absolute atomic E-state index is 0.0111. The number of nitrogens with zero attached hydrogens (tertiary/aromatic N) is 1. The van der Waals surface area contributed by atoms with E-state index in [9.17, 15) is 17.6 Å². The largest absolute Gasteiger partial charge is 0.339 e. The van der Waals surface area contributed by atoms with Gasteiger partial charge in [0.2, 0.25) is 0 Å².